The predicted molar refractivity (Wildman–Crippen MR) is 78.0 cm³/mol. The molecule has 2 N–H and O–H groups in total. The molecule has 4 heteroatoms. The van der Waals surface area contributed by atoms with Crippen LogP contribution in [0, 0.1) is 0 Å². The highest BCUT2D eigenvalue weighted by Gasteiger charge is 2.08. The Morgan fingerprint density at radius 3 is 2.67 bits per heavy atom. The minimum Gasteiger partial charge on any atom is -0.367 e. The zero-order chi connectivity index (χ0) is 13.2. The highest BCUT2D eigenvalue weighted by molar-refractivity contribution is 5.40. The van der Waals surface area contributed by atoms with E-state index in [-0.39, 0.29) is 0 Å². The van der Waals surface area contributed by atoms with Crippen molar-refractivity contribution in [3.63, 3.8) is 0 Å². The van der Waals surface area contributed by atoms with Crippen molar-refractivity contribution in [3.05, 3.63) is 12.3 Å². The standard InChI is InChI=1S/C14H26N4/c1-4-7-9-12(8-5-2)17-13-10-11-16-14(18-13)15-6-3/h10-12H,4-9H2,1-3H3,(H2,15,16,17,18). The molecule has 1 unspecified atom stereocenters. The van der Waals surface area contributed by atoms with Crippen LogP contribution in [0.25, 0.3) is 0 Å². The Labute approximate surface area is 111 Å². The highest BCUT2D eigenvalue weighted by atomic mass is 15.1. The number of nitrogens with zero attached hydrogens (tertiary/aromatic N) is 2. The van der Waals surface area contributed by atoms with Crippen molar-refractivity contribution in [3.8, 4) is 0 Å². The summed E-state index contributed by atoms with van der Waals surface area (Å²) in [5, 5.41) is 6.66. The van der Waals surface area contributed by atoms with Gasteiger partial charge in [0.2, 0.25) is 5.95 Å². The number of unbranched alkanes of at least 4 members (excludes halogenated alkanes) is 1. The largest absolute Gasteiger partial charge is 0.367 e. The summed E-state index contributed by atoms with van der Waals surface area (Å²) < 4.78 is 0. The predicted octanol–water partition coefficient (Wildman–Crippen LogP) is 3.68. The third-order valence-electron chi connectivity index (χ3n) is 2.89. The van der Waals surface area contributed by atoms with Crippen molar-refractivity contribution in [2.24, 2.45) is 0 Å². The Hall–Kier alpha value is -1.32. The summed E-state index contributed by atoms with van der Waals surface area (Å²) in [4.78, 5) is 8.64. The van der Waals surface area contributed by atoms with Crippen LogP contribution in [0.2, 0.25) is 0 Å². The quantitative estimate of drug-likeness (QED) is 0.702. The van der Waals surface area contributed by atoms with Gasteiger partial charge in [-0.15, -0.1) is 0 Å². The lowest BCUT2D eigenvalue weighted by Crippen LogP contribution is -2.20. The molecule has 1 atom stereocenters. The van der Waals surface area contributed by atoms with Crippen molar-refractivity contribution in [1.82, 2.24) is 9.97 Å². The number of rotatable bonds is 9. The lowest BCUT2D eigenvalue weighted by atomic mass is 10.1. The molecular formula is C14H26N4. The Morgan fingerprint density at radius 1 is 1.17 bits per heavy atom. The number of nitrogens with one attached hydrogen (secondary N) is 2. The van der Waals surface area contributed by atoms with E-state index in [0.717, 1.165) is 12.4 Å². The maximum absolute atomic E-state index is 4.46. The third kappa shape index (κ3) is 5.34. The van der Waals surface area contributed by atoms with E-state index in [4.69, 9.17) is 0 Å². The first-order chi connectivity index (χ1) is 8.80. The van der Waals surface area contributed by atoms with E-state index < -0.39 is 0 Å². The van der Waals surface area contributed by atoms with Crippen LogP contribution in [0.5, 0.6) is 0 Å². The molecule has 0 aromatic carbocycles. The molecule has 0 radical (unpaired) electrons. The van der Waals surface area contributed by atoms with E-state index in [0.29, 0.717) is 12.0 Å². The Kier molecular flexibility index (Phi) is 7.14. The summed E-state index contributed by atoms with van der Waals surface area (Å²) in [5.74, 6) is 1.63. The van der Waals surface area contributed by atoms with Gasteiger partial charge in [0.1, 0.15) is 5.82 Å². The van der Waals surface area contributed by atoms with Crippen LogP contribution in [-0.2, 0) is 0 Å². The molecule has 0 aliphatic rings. The molecule has 102 valence electrons. The monoisotopic (exact) mass is 250 g/mol. The SMILES string of the molecule is CCCCC(CCC)Nc1ccnc(NCC)n1. The van der Waals surface area contributed by atoms with Crippen LogP contribution >= 0.6 is 0 Å². The first-order valence-electron chi connectivity index (χ1n) is 7.13. The van der Waals surface area contributed by atoms with Gasteiger partial charge in [0.05, 0.1) is 0 Å². The van der Waals surface area contributed by atoms with Crippen molar-refractivity contribution in [2.45, 2.75) is 58.9 Å². The molecule has 1 aromatic rings. The summed E-state index contributed by atoms with van der Waals surface area (Å²) >= 11 is 0. The number of anilines is 2. The summed E-state index contributed by atoms with van der Waals surface area (Å²) in [6, 6.07) is 2.47. The molecule has 4 nitrogen and oxygen atoms in total. The van der Waals surface area contributed by atoms with Gasteiger partial charge in [0, 0.05) is 18.8 Å². The Balaban J connectivity index is 2.58. The van der Waals surface area contributed by atoms with Crippen LogP contribution in [-0.4, -0.2) is 22.6 Å². The van der Waals surface area contributed by atoms with Crippen LogP contribution in [0.3, 0.4) is 0 Å². The van der Waals surface area contributed by atoms with Crippen molar-refractivity contribution in [2.75, 3.05) is 17.2 Å². The second kappa shape index (κ2) is 8.72. The minimum absolute atomic E-state index is 0.527. The van der Waals surface area contributed by atoms with Crippen molar-refractivity contribution < 1.29 is 0 Å². The summed E-state index contributed by atoms with van der Waals surface area (Å²) in [6.45, 7) is 7.35. The number of aromatic nitrogens is 2. The molecule has 0 bridgehead atoms. The van der Waals surface area contributed by atoms with Gasteiger partial charge in [0.15, 0.2) is 0 Å². The van der Waals surface area contributed by atoms with Gasteiger partial charge in [-0.25, -0.2) is 4.98 Å². The third-order valence-corrected chi connectivity index (χ3v) is 2.89. The smallest absolute Gasteiger partial charge is 0.224 e. The normalized spacial score (nSPS) is 12.2. The second-order valence-electron chi connectivity index (χ2n) is 4.57. The molecule has 1 aromatic heterocycles. The van der Waals surface area contributed by atoms with Gasteiger partial charge in [-0.05, 0) is 25.8 Å². The first-order valence-corrected chi connectivity index (χ1v) is 7.13. The fraction of sp³-hybridized carbons (Fsp3) is 0.714. The summed E-state index contributed by atoms with van der Waals surface area (Å²) in [7, 11) is 0. The maximum Gasteiger partial charge on any atom is 0.224 e. The van der Waals surface area contributed by atoms with Gasteiger partial charge in [-0.2, -0.15) is 4.98 Å². The lowest BCUT2D eigenvalue weighted by molar-refractivity contribution is 0.563. The molecular weight excluding hydrogens is 224 g/mol. The van der Waals surface area contributed by atoms with Gasteiger partial charge in [-0.1, -0.05) is 33.1 Å². The molecule has 0 saturated carbocycles. The average Bonchev–Trinajstić information content (AvgIpc) is 2.37. The molecule has 0 spiro atoms. The molecule has 0 aliphatic carbocycles. The van der Waals surface area contributed by atoms with Crippen molar-refractivity contribution in [1.29, 1.82) is 0 Å². The van der Waals surface area contributed by atoms with Crippen LogP contribution in [0.15, 0.2) is 12.3 Å². The van der Waals surface area contributed by atoms with Gasteiger partial charge in [0.25, 0.3) is 0 Å². The fourth-order valence-electron chi connectivity index (χ4n) is 1.98. The lowest BCUT2D eigenvalue weighted by Gasteiger charge is -2.18. The molecule has 0 amide bonds. The van der Waals surface area contributed by atoms with Gasteiger partial charge in [-0.3, -0.25) is 0 Å². The van der Waals surface area contributed by atoms with Crippen LogP contribution in [0.1, 0.15) is 52.9 Å². The Morgan fingerprint density at radius 2 is 2.00 bits per heavy atom. The zero-order valence-electron chi connectivity index (χ0n) is 11.9. The van der Waals surface area contributed by atoms with Gasteiger partial charge >= 0.3 is 0 Å². The maximum atomic E-state index is 4.46. The van der Waals surface area contributed by atoms with E-state index in [1.54, 1.807) is 6.20 Å². The highest BCUT2D eigenvalue weighted by Crippen LogP contribution is 2.14. The first kappa shape index (κ1) is 14.7. The topological polar surface area (TPSA) is 49.8 Å². The Bertz CT molecular complexity index is 327. The minimum atomic E-state index is 0.527. The molecule has 18 heavy (non-hydrogen) atoms. The molecule has 1 rings (SSSR count). The summed E-state index contributed by atoms with van der Waals surface area (Å²) in [6.07, 6.45) is 7.92. The molecule has 1 heterocycles. The molecule has 0 aliphatic heterocycles. The van der Waals surface area contributed by atoms with E-state index in [1.807, 2.05) is 13.0 Å². The fourth-order valence-corrected chi connectivity index (χ4v) is 1.98. The number of hydrogen-bond acceptors (Lipinski definition) is 4. The summed E-state index contributed by atoms with van der Waals surface area (Å²) in [5.41, 5.74) is 0. The van der Waals surface area contributed by atoms with E-state index in [2.05, 4.69) is 34.4 Å². The van der Waals surface area contributed by atoms with E-state index in [1.165, 1.54) is 32.1 Å². The number of hydrogen-bond donors (Lipinski definition) is 2. The van der Waals surface area contributed by atoms with Crippen molar-refractivity contribution >= 4 is 11.8 Å². The average molecular weight is 250 g/mol. The van der Waals surface area contributed by atoms with Crippen LogP contribution < -0.4 is 10.6 Å². The van der Waals surface area contributed by atoms with Crippen LogP contribution in [0.4, 0.5) is 11.8 Å². The van der Waals surface area contributed by atoms with E-state index in [9.17, 15) is 0 Å². The molecule has 0 saturated heterocycles. The van der Waals surface area contributed by atoms with E-state index >= 15 is 0 Å². The van der Waals surface area contributed by atoms with Gasteiger partial charge < -0.3 is 10.6 Å². The molecule has 0 fully saturated rings. The second-order valence-corrected chi connectivity index (χ2v) is 4.57. The zero-order valence-corrected chi connectivity index (χ0v) is 11.9.